The Morgan fingerprint density at radius 1 is 0.923 bits per heavy atom. The van der Waals surface area contributed by atoms with Crippen LogP contribution in [-0.4, -0.2) is 15.2 Å². The zero-order chi connectivity index (χ0) is 18.1. The van der Waals surface area contributed by atoms with E-state index < -0.39 is 0 Å². The zero-order valence-electron chi connectivity index (χ0n) is 14.8. The number of nitrogens with one attached hydrogen (secondary N) is 1. The van der Waals surface area contributed by atoms with Crippen molar-refractivity contribution in [1.29, 1.82) is 0 Å². The Bertz CT molecular complexity index is 1090. The van der Waals surface area contributed by atoms with E-state index in [-0.39, 0.29) is 0 Å². The van der Waals surface area contributed by atoms with Crippen LogP contribution in [0.4, 0.5) is 10.8 Å². The van der Waals surface area contributed by atoms with Gasteiger partial charge in [0.05, 0.1) is 5.52 Å². The van der Waals surface area contributed by atoms with Crippen molar-refractivity contribution < 1.29 is 0 Å². The summed E-state index contributed by atoms with van der Waals surface area (Å²) >= 11 is 3.10. The first-order chi connectivity index (χ1) is 12.6. The molecule has 0 saturated heterocycles. The topological polar surface area (TPSA) is 50.7 Å². The molecule has 1 N–H and O–H groups in total. The highest BCUT2D eigenvalue weighted by Gasteiger charge is 2.11. The van der Waals surface area contributed by atoms with Crippen molar-refractivity contribution in [2.24, 2.45) is 0 Å². The third-order valence-electron chi connectivity index (χ3n) is 4.30. The quantitative estimate of drug-likeness (QED) is 0.479. The molecule has 4 rings (SSSR count). The monoisotopic (exact) mass is 378 g/mol. The lowest BCUT2D eigenvalue weighted by Gasteiger charge is -2.08. The minimum atomic E-state index is 0.791. The maximum atomic E-state index is 4.77. The second-order valence-corrected chi connectivity index (χ2v) is 8.36. The summed E-state index contributed by atoms with van der Waals surface area (Å²) in [5, 5.41) is 14.9. The van der Waals surface area contributed by atoms with Gasteiger partial charge in [-0.25, -0.2) is 4.98 Å². The molecule has 0 spiro atoms. The molecule has 0 saturated carbocycles. The van der Waals surface area contributed by atoms with Gasteiger partial charge in [-0.2, -0.15) is 0 Å². The lowest BCUT2D eigenvalue weighted by atomic mass is 10.1. The molecule has 0 atom stereocenters. The molecule has 26 heavy (non-hydrogen) atoms. The van der Waals surface area contributed by atoms with Gasteiger partial charge in [0.1, 0.15) is 5.03 Å². The SMILES string of the molecule is Cc1cc2ccccc2nc1Sc1nnc(Nc2cccc(C)c2C)s1. The predicted molar refractivity (Wildman–Crippen MR) is 110 cm³/mol. The zero-order valence-corrected chi connectivity index (χ0v) is 16.4. The molecule has 0 aliphatic heterocycles. The highest BCUT2D eigenvalue weighted by molar-refractivity contribution is 8.01. The Balaban J connectivity index is 1.57. The molecule has 0 amide bonds. The van der Waals surface area contributed by atoms with Crippen LogP contribution in [0.2, 0.25) is 0 Å². The van der Waals surface area contributed by atoms with E-state index in [1.807, 2.05) is 24.3 Å². The summed E-state index contributed by atoms with van der Waals surface area (Å²) in [6.45, 7) is 6.30. The summed E-state index contributed by atoms with van der Waals surface area (Å²) < 4.78 is 0.878. The minimum absolute atomic E-state index is 0.791. The number of aryl methyl sites for hydroxylation is 2. The molecule has 2 aromatic heterocycles. The number of benzene rings is 2. The molecule has 4 nitrogen and oxygen atoms in total. The van der Waals surface area contributed by atoms with Crippen LogP contribution in [0.25, 0.3) is 10.9 Å². The molecule has 0 radical (unpaired) electrons. The number of hydrogen-bond donors (Lipinski definition) is 1. The normalized spacial score (nSPS) is 11.0. The molecule has 0 fully saturated rings. The van der Waals surface area contributed by atoms with Gasteiger partial charge in [0, 0.05) is 11.1 Å². The van der Waals surface area contributed by atoms with E-state index in [1.54, 1.807) is 23.1 Å². The first kappa shape index (κ1) is 17.0. The van der Waals surface area contributed by atoms with E-state index in [1.165, 1.54) is 11.1 Å². The number of rotatable bonds is 4. The lowest BCUT2D eigenvalue weighted by molar-refractivity contribution is 1.01. The molecule has 0 bridgehead atoms. The summed E-state index contributed by atoms with van der Waals surface area (Å²) in [6, 6.07) is 16.5. The van der Waals surface area contributed by atoms with Crippen LogP contribution in [-0.2, 0) is 0 Å². The first-order valence-corrected chi connectivity index (χ1v) is 9.94. The van der Waals surface area contributed by atoms with Crippen LogP contribution in [0.3, 0.4) is 0 Å². The van der Waals surface area contributed by atoms with Crippen molar-refractivity contribution in [3.05, 3.63) is 65.2 Å². The smallest absolute Gasteiger partial charge is 0.210 e. The third-order valence-corrected chi connectivity index (χ3v) is 6.30. The van der Waals surface area contributed by atoms with Crippen LogP contribution in [0.15, 0.2) is 57.9 Å². The Morgan fingerprint density at radius 3 is 2.65 bits per heavy atom. The van der Waals surface area contributed by atoms with Gasteiger partial charge >= 0.3 is 0 Å². The van der Waals surface area contributed by atoms with Gasteiger partial charge in [-0.05, 0) is 67.4 Å². The van der Waals surface area contributed by atoms with Gasteiger partial charge in [0.2, 0.25) is 5.13 Å². The van der Waals surface area contributed by atoms with E-state index in [9.17, 15) is 0 Å². The molecular formula is C20H18N4S2. The van der Waals surface area contributed by atoms with Crippen molar-refractivity contribution in [2.45, 2.75) is 30.1 Å². The summed E-state index contributed by atoms with van der Waals surface area (Å²) in [4.78, 5) is 4.77. The molecule has 0 unspecified atom stereocenters. The Kier molecular flexibility index (Phi) is 4.61. The molecule has 2 heterocycles. The van der Waals surface area contributed by atoms with Crippen LogP contribution in [0, 0.1) is 20.8 Å². The maximum Gasteiger partial charge on any atom is 0.210 e. The Hall–Kier alpha value is -2.44. The second kappa shape index (κ2) is 7.05. The number of nitrogens with zero attached hydrogens (tertiary/aromatic N) is 3. The van der Waals surface area contributed by atoms with Crippen LogP contribution in [0.5, 0.6) is 0 Å². The fourth-order valence-electron chi connectivity index (χ4n) is 2.69. The fraction of sp³-hybridized carbons (Fsp3) is 0.150. The molecule has 0 aliphatic rings. The number of para-hydroxylation sites is 1. The Morgan fingerprint density at radius 2 is 1.77 bits per heavy atom. The van der Waals surface area contributed by atoms with E-state index in [0.717, 1.165) is 36.7 Å². The average Bonchev–Trinajstić information content (AvgIpc) is 3.07. The number of anilines is 2. The molecule has 2 aromatic carbocycles. The molecular weight excluding hydrogens is 360 g/mol. The van der Waals surface area contributed by atoms with E-state index in [2.05, 4.69) is 60.6 Å². The van der Waals surface area contributed by atoms with Crippen molar-refractivity contribution in [3.8, 4) is 0 Å². The van der Waals surface area contributed by atoms with Gasteiger partial charge in [-0.3, -0.25) is 0 Å². The average molecular weight is 379 g/mol. The number of pyridine rings is 1. The van der Waals surface area contributed by atoms with Gasteiger partial charge < -0.3 is 5.32 Å². The fourth-order valence-corrected chi connectivity index (χ4v) is 4.43. The van der Waals surface area contributed by atoms with E-state index in [4.69, 9.17) is 4.98 Å². The van der Waals surface area contributed by atoms with Gasteiger partial charge in [-0.1, -0.05) is 41.7 Å². The van der Waals surface area contributed by atoms with Crippen molar-refractivity contribution >= 4 is 44.8 Å². The summed E-state index contributed by atoms with van der Waals surface area (Å²) in [5.74, 6) is 0. The highest BCUT2D eigenvalue weighted by atomic mass is 32.2. The predicted octanol–water partition coefficient (Wildman–Crippen LogP) is 5.91. The minimum Gasteiger partial charge on any atom is -0.330 e. The maximum absolute atomic E-state index is 4.77. The summed E-state index contributed by atoms with van der Waals surface area (Å²) in [6.07, 6.45) is 0. The number of aromatic nitrogens is 3. The highest BCUT2D eigenvalue weighted by Crippen LogP contribution is 2.35. The second-order valence-electron chi connectivity index (χ2n) is 6.15. The summed E-state index contributed by atoms with van der Waals surface area (Å²) in [5.41, 5.74) is 5.69. The van der Waals surface area contributed by atoms with Crippen LogP contribution in [0.1, 0.15) is 16.7 Å². The molecule has 130 valence electrons. The van der Waals surface area contributed by atoms with Crippen LogP contribution >= 0.6 is 23.1 Å². The standard InChI is InChI=1S/C20H18N4S2/c1-12-7-6-10-16(14(12)3)22-19-23-24-20(26-19)25-18-13(2)11-15-8-4-5-9-17(15)21-18/h4-11H,1-3H3,(H,22,23). The van der Waals surface area contributed by atoms with Gasteiger partial charge in [0.15, 0.2) is 4.34 Å². The largest absolute Gasteiger partial charge is 0.330 e. The van der Waals surface area contributed by atoms with Gasteiger partial charge in [-0.15, -0.1) is 10.2 Å². The molecule has 0 aliphatic carbocycles. The van der Waals surface area contributed by atoms with Crippen molar-refractivity contribution in [2.75, 3.05) is 5.32 Å². The van der Waals surface area contributed by atoms with Crippen molar-refractivity contribution in [1.82, 2.24) is 15.2 Å². The first-order valence-electron chi connectivity index (χ1n) is 8.31. The van der Waals surface area contributed by atoms with Crippen molar-refractivity contribution in [3.63, 3.8) is 0 Å². The van der Waals surface area contributed by atoms with Gasteiger partial charge in [0.25, 0.3) is 0 Å². The van der Waals surface area contributed by atoms with E-state index in [0.29, 0.717) is 0 Å². The number of fused-ring (bicyclic) bond motifs is 1. The third kappa shape index (κ3) is 3.43. The summed E-state index contributed by atoms with van der Waals surface area (Å²) in [7, 11) is 0. The Labute approximate surface area is 160 Å². The van der Waals surface area contributed by atoms with Crippen LogP contribution < -0.4 is 5.32 Å². The lowest BCUT2D eigenvalue weighted by Crippen LogP contribution is -1.94. The number of hydrogen-bond acceptors (Lipinski definition) is 6. The van der Waals surface area contributed by atoms with E-state index >= 15 is 0 Å². The molecule has 4 aromatic rings. The molecule has 6 heteroatoms.